The van der Waals surface area contributed by atoms with Gasteiger partial charge in [-0.15, -0.1) is 0 Å². The Kier molecular flexibility index (Phi) is 7.63. The molecule has 166 valence electrons. The number of Topliss-reactive ketones (excluding diaryl/α,β-unsaturated/α-hetero) is 1. The van der Waals surface area contributed by atoms with Gasteiger partial charge >= 0.3 is 0 Å². The number of carbonyl (C=O) groups is 2. The van der Waals surface area contributed by atoms with Gasteiger partial charge in [0.05, 0.1) is 13.7 Å². The molecule has 1 fully saturated rings. The molecule has 0 aliphatic carbocycles. The fourth-order valence-electron chi connectivity index (χ4n) is 3.77. The van der Waals surface area contributed by atoms with Crippen LogP contribution in [0.5, 0.6) is 5.75 Å². The molecule has 0 unspecified atom stereocenters. The van der Waals surface area contributed by atoms with E-state index in [1.807, 2.05) is 31.2 Å². The van der Waals surface area contributed by atoms with Crippen molar-refractivity contribution in [2.45, 2.75) is 20.4 Å². The van der Waals surface area contributed by atoms with Gasteiger partial charge in [-0.25, -0.2) is 4.39 Å². The van der Waals surface area contributed by atoms with Gasteiger partial charge in [0.25, 0.3) is 0 Å². The molecule has 2 aromatic rings. The highest BCUT2D eigenvalue weighted by molar-refractivity contribution is 5.94. The molecule has 0 N–H and O–H groups in total. The fourth-order valence-corrected chi connectivity index (χ4v) is 3.77. The van der Waals surface area contributed by atoms with Crippen LogP contribution in [-0.4, -0.2) is 67.9 Å². The summed E-state index contributed by atoms with van der Waals surface area (Å²) in [4.78, 5) is 30.4. The van der Waals surface area contributed by atoms with E-state index in [9.17, 15) is 14.0 Å². The van der Waals surface area contributed by atoms with E-state index in [2.05, 4.69) is 9.80 Å². The molecule has 0 atom stereocenters. The molecule has 3 rings (SSSR count). The Hall–Kier alpha value is -2.93. The summed E-state index contributed by atoms with van der Waals surface area (Å²) in [5, 5.41) is 0. The minimum Gasteiger partial charge on any atom is -0.494 e. The summed E-state index contributed by atoms with van der Waals surface area (Å²) >= 11 is 0. The van der Waals surface area contributed by atoms with Crippen molar-refractivity contribution >= 4 is 17.4 Å². The third-order valence-corrected chi connectivity index (χ3v) is 5.69. The first-order chi connectivity index (χ1) is 14.9. The number of rotatable bonds is 8. The minimum absolute atomic E-state index is 0.0398. The number of hydrogen-bond acceptors (Lipinski definition) is 5. The highest BCUT2D eigenvalue weighted by atomic mass is 19.1. The zero-order valence-corrected chi connectivity index (χ0v) is 18.4. The summed E-state index contributed by atoms with van der Waals surface area (Å²) in [6.45, 7) is 8.00. The van der Waals surface area contributed by atoms with E-state index in [0.29, 0.717) is 25.2 Å². The first-order valence-electron chi connectivity index (χ1n) is 10.6. The number of halogens is 1. The number of amides is 1. The number of piperazine rings is 1. The number of nitrogens with zero attached hydrogens (tertiary/aromatic N) is 3. The Bertz CT molecular complexity index is 909. The molecule has 1 aliphatic rings. The lowest BCUT2D eigenvalue weighted by Gasteiger charge is -2.36. The van der Waals surface area contributed by atoms with Gasteiger partial charge in [0.2, 0.25) is 5.91 Å². The van der Waals surface area contributed by atoms with Gasteiger partial charge in [-0.05, 0) is 55.8 Å². The third kappa shape index (κ3) is 5.82. The number of ketones is 1. The largest absolute Gasteiger partial charge is 0.494 e. The van der Waals surface area contributed by atoms with E-state index in [1.54, 1.807) is 24.0 Å². The quantitative estimate of drug-likeness (QED) is 0.606. The van der Waals surface area contributed by atoms with Crippen molar-refractivity contribution in [2.24, 2.45) is 0 Å². The number of hydrogen-bond donors (Lipinski definition) is 0. The van der Waals surface area contributed by atoms with Gasteiger partial charge in [0.15, 0.2) is 17.3 Å². The maximum Gasteiger partial charge on any atom is 0.237 e. The summed E-state index contributed by atoms with van der Waals surface area (Å²) in [6, 6.07) is 12.5. The summed E-state index contributed by atoms with van der Waals surface area (Å²) in [5.41, 5.74) is 2.55. The van der Waals surface area contributed by atoms with Gasteiger partial charge in [-0.2, -0.15) is 0 Å². The molecule has 2 aromatic carbocycles. The number of methoxy groups -OCH3 is 1. The summed E-state index contributed by atoms with van der Waals surface area (Å²) < 4.78 is 18.9. The van der Waals surface area contributed by atoms with Gasteiger partial charge in [-0.3, -0.25) is 14.5 Å². The van der Waals surface area contributed by atoms with Crippen molar-refractivity contribution in [3.05, 3.63) is 59.4 Å². The second kappa shape index (κ2) is 10.4. The Morgan fingerprint density at radius 2 is 1.74 bits per heavy atom. The molecule has 6 nitrogen and oxygen atoms in total. The maximum atomic E-state index is 14.0. The van der Waals surface area contributed by atoms with Crippen LogP contribution < -0.4 is 9.64 Å². The molecular weight excluding hydrogens is 397 g/mol. The second-order valence-electron chi connectivity index (χ2n) is 7.74. The number of anilines is 1. The van der Waals surface area contributed by atoms with E-state index in [0.717, 1.165) is 37.4 Å². The SMILES string of the molecule is CCN(Cc1ccc(OC)c(F)c1)C(=O)CN1CCN(c2ccc(C(C)=O)cc2)CC1. The van der Waals surface area contributed by atoms with Crippen molar-refractivity contribution in [2.75, 3.05) is 51.3 Å². The van der Waals surface area contributed by atoms with Crippen LogP contribution in [0.4, 0.5) is 10.1 Å². The van der Waals surface area contributed by atoms with Crippen LogP contribution in [0.2, 0.25) is 0 Å². The normalized spacial score (nSPS) is 14.4. The molecule has 0 saturated carbocycles. The first-order valence-corrected chi connectivity index (χ1v) is 10.6. The van der Waals surface area contributed by atoms with Crippen LogP contribution in [0.1, 0.15) is 29.8 Å². The fraction of sp³-hybridized carbons (Fsp3) is 0.417. The second-order valence-corrected chi connectivity index (χ2v) is 7.74. The molecular formula is C24H30FN3O3. The van der Waals surface area contributed by atoms with Crippen molar-refractivity contribution in [1.82, 2.24) is 9.80 Å². The first kappa shape index (κ1) is 22.7. The van der Waals surface area contributed by atoms with E-state index >= 15 is 0 Å². The molecule has 1 aliphatic heterocycles. The van der Waals surface area contributed by atoms with Crippen LogP contribution in [-0.2, 0) is 11.3 Å². The van der Waals surface area contributed by atoms with Crippen LogP contribution in [0.25, 0.3) is 0 Å². The Morgan fingerprint density at radius 1 is 1.06 bits per heavy atom. The topological polar surface area (TPSA) is 53.1 Å². The number of carbonyl (C=O) groups excluding carboxylic acids is 2. The molecule has 0 spiro atoms. The lowest BCUT2D eigenvalue weighted by Crippen LogP contribution is -2.50. The minimum atomic E-state index is -0.420. The molecule has 1 saturated heterocycles. The van der Waals surface area contributed by atoms with Gasteiger partial charge in [-0.1, -0.05) is 6.07 Å². The number of ether oxygens (including phenoxy) is 1. The van der Waals surface area contributed by atoms with E-state index < -0.39 is 5.82 Å². The summed E-state index contributed by atoms with van der Waals surface area (Å²) in [7, 11) is 1.43. The molecule has 1 heterocycles. The maximum absolute atomic E-state index is 14.0. The average Bonchev–Trinajstić information content (AvgIpc) is 2.78. The molecule has 0 radical (unpaired) electrons. The van der Waals surface area contributed by atoms with E-state index in [4.69, 9.17) is 4.74 Å². The van der Waals surface area contributed by atoms with Crippen LogP contribution >= 0.6 is 0 Å². The number of benzene rings is 2. The zero-order valence-electron chi connectivity index (χ0n) is 18.4. The van der Waals surface area contributed by atoms with Crippen molar-refractivity contribution < 1.29 is 18.7 Å². The van der Waals surface area contributed by atoms with Crippen molar-refractivity contribution in [3.63, 3.8) is 0 Å². The standard InChI is InChI=1S/C24H30FN3O3/c1-4-27(16-19-5-10-23(31-3)22(25)15-19)24(30)17-26-11-13-28(14-12-26)21-8-6-20(7-9-21)18(2)29/h5-10,15H,4,11-14,16-17H2,1-3H3. The van der Waals surface area contributed by atoms with Crippen molar-refractivity contribution in [1.29, 1.82) is 0 Å². The average molecular weight is 428 g/mol. The Labute approximate surface area is 183 Å². The molecule has 31 heavy (non-hydrogen) atoms. The molecule has 1 amide bonds. The monoisotopic (exact) mass is 427 g/mol. The van der Waals surface area contributed by atoms with Crippen LogP contribution in [0, 0.1) is 5.82 Å². The van der Waals surface area contributed by atoms with Crippen LogP contribution in [0.15, 0.2) is 42.5 Å². The lowest BCUT2D eigenvalue weighted by atomic mass is 10.1. The van der Waals surface area contributed by atoms with Gasteiger partial charge < -0.3 is 14.5 Å². The summed E-state index contributed by atoms with van der Waals surface area (Å²) in [6.07, 6.45) is 0. The predicted octanol–water partition coefficient (Wildman–Crippen LogP) is 3.21. The Morgan fingerprint density at radius 3 is 2.29 bits per heavy atom. The third-order valence-electron chi connectivity index (χ3n) is 5.69. The Balaban J connectivity index is 1.52. The number of likely N-dealkylation sites (N-methyl/N-ethyl adjacent to an activating group) is 1. The van der Waals surface area contributed by atoms with E-state index in [-0.39, 0.29) is 17.4 Å². The zero-order chi connectivity index (χ0) is 22.4. The summed E-state index contributed by atoms with van der Waals surface area (Å²) in [5.74, 6) is -0.117. The highest BCUT2D eigenvalue weighted by Gasteiger charge is 2.22. The molecule has 0 bridgehead atoms. The highest BCUT2D eigenvalue weighted by Crippen LogP contribution is 2.20. The van der Waals surface area contributed by atoms with Gasteiger partial charge in [0.1, 0.15) is 0 Å². The molecule has 0 aromatic heterocycles. The van der Waals surface area contributed by atoms with Crippen molar-refractivity contribution in [3.8, 4) is 5.75 Å². The van der Waals surface area contributed by atoms with E-state index in [1.165, 1.54) is 13.2 Å². The van der Waals surface area contributed by atoms with Crippen LogP contribution in [0.3, 0.4) is 0 Å². The van der Waals surface area contributed by atoms with Gasteiger partial charge in [0, 0.05) is 50.5 Å². The predicted molar refractivity (Wildman–Crippen MR) is 119 cm³/mol. The lowest BCUT2D eigenvalue weighted by molar-refractivity contribution is -0.132. The smallest absolute Gasteiger partial charge is 0.237 e. The molecule has 7 heteroatoms.